The van der Waals surface area contributed by atoms with Crippen molar-refractivity contribution in [1.82, 2.24) is 10.2 Å². The zero-order valence-electron chi connectivity index (χ0n) is 21.5. The van der Waals surface area contributed by atoms with Gasteiger partial charge in [0.05, 0.1) is 10.6 Å². The largest absolute Gasteiger partial charge is 0.355 e. The van der Waals surface area contributed by atoms with E-state index >= 15 is 0 Å². The number of aryl methyl sites for hydroxylation is 1. The number of carbonyl (C=O) groups excluding carboxylic acids is 2. The Labute approximate surface area is 234 Å². The number of halogens is 2. The molecule has 38 heavy (non-hydrogen) atoms. The summed E-state index contributed by atoms with van der Waals surface area (Å²) in [7, 11) is -4.11. The maximum Gasteiger partial charge on any atom is 0.264 e. The van der Waals surface area contributed by atoms with Gasteiger partial charge in [0.2, 0.25) is 11.8 Å². The SMILES string of the molecule is CCNC(=O)[C@@H](CC)N(Cc1c(Cl)cccc1Cl)C(=O)CN(c1ccc(C)cc1)S(=O)(=O)c1ccccc1. The minimum atomic E-state index is -4.11. The van der Waals surface area contributed by atoms with E-state index < -0.39 is 28.5 Å². The zero-order chi connectivity index (χ0) is 27.9. The van der Waals surface area contributed by atoms with Crippen LogP contribution in [0.1, 0.15) is 31.4 Å². The van der Waals surface area contributed by atoms with Crippen LogP contribution in [0.2, 0.25) is 10.0 Å². The van der Waals surface area contributed by atoms with E-state index in [9.17, 15) is 18.0 Å². The standard InChI is InChI=1S/C28H31Cl2N3O4S/c1-4-26(28(35)31-5-2)32(18-23-24(29)12-9-13-25(23)30)27(34)19-33(21-16-14-20(3)15-17-21)38(36,37)22-10-7-6-8-11-22/h6-17,26H,4-5,18-19H2,1-3H3,(H,31,35)/t26-/m1/s1. The minimum Gasteiger partial charge on any atom is -0.355 e. The van der Waals surface area contributed by atoms with Gasteiger partial charge in [-0.2, -0.15) is 0 Å². The number of rotatable bonds is 11. The van der Waals surface area contributed by atoms with E-state index in [4.69, 9.17) is 23.2 Å². The predicted molar refractivity (Wildman–Crippen MR) is 152 cm³/mol. The number of likely N-dealkylation sites (N-methyl/N-ethyl adjacent to an activating group) is 1. The van der Waals surface area contributed by atoms with Crippen molar-refractivity contribution in [3.63, 3.8) is 0 Å². The lowest BCUT2D eigenvalue weighted by atomic mass is 10.1. The number of amides is 2. The van der Waals surface area contributed by atoms with Crippen LogP contribution >= 0.6 is 23.2 Å². The second kappa shape index (κ2) is 13.1. The molecule has 0 aliphatic rings. The van der Waals surface area contributed by atoms with E-state index in [1.807, 2.05) is 6.92 Å². The molecular formula is C28H31Cl2N3O4S. The molecule has 3 aromatic rings. The summed E-state index contributed by atoms with van der Waals surface area (Å²) >= 11 is 12.8. The van der Waals surface area contributed by atoms with E-state index in [2.05, 4.69) is 5.32 Å². The van der Waals surface area contributed by atoms with E-state index in [1.54, 1.807) is 74.5 Å². The van der Waals surface area contributed by atoms with Gasteiger partial charge in [-0.15, -0.1) is 0 Å². The van der Waals surface area contributed by atoms with Crippen molar-refractivity contribution in [2.45, 2.75) is 44.7 Å². The molecule has 0 radical (unpaired) electrons. The third kappa shape index (κ3) is 6.87. The number of nitrogens with zero attached hydrogens (tertiary/aromatic N) is 2. The number of benzene rings is 3. The third-order valence-electron chi connectivity index (χ3n) is 6.06. The van der Waals surface area contributed by atoms with Gasteiger partial charge >= 0.3 is 0 Å². The van der Waals surface area contributed by atoms with Gasteiger partial charge in [0.1, 0.15) is 12.6 Å². The maximum absolute atomic E-state index is 14.0. The summed E-state index contributed by atoms with van der Waals surface area (Å²) in [5.41, 5.74) is 1.74. The maximum atomic E-state index is 14.0. The molecule has 10 heteroatoms. The summed E-state index contributed by atoms with van der Waals surface area (Å²) in [6.07, 6.45) is 0.301. The molecule has 7 nitrogen and oxygen atoms in total. The van der Waals surface area contributed by atoms with Gasteiger partial charge in [0.25, 0.3) is 10.0 Å². The van der Waals surface area contributed by atoms with Crippen LogP contribution in [0, 0.1) is 6.92 Å². The van der Waals surface area contributed by atoms with Crippen LogP contribution < -0.4 is 9.62 Å². The fourth-order valence-electron chi connectivity index (χ4n) is 4.02. The molecule has 3 aromatic carbocycles. The Kier molecular flexibility index (Phi) is 10.2. The van der Waals surface area contributed by atoms with Crippen LogP contribution in [0.15, 0.2) is 77.7 Å². The Morgan fingerprint density at radius 1 is 0.895 bits per heavy atom. The van der Waals surface area contributed by atoms with Gasteiger partial charge < -0.3 is 10.2 Å². The van der Waals surface area contributed by atoms with Crippen LogP contribution in [-0.4, -0.2) is 44.3 Å². The average Bonchev–Trinajstić information content (AvgIpc) is 2.90. The number of hydrogen-bond acceptors (Lipinski definition) is 4. The lowest BCUT2D eigenvalue weighted by molar-refractivity contribution is -0.140. The molecule has 0 saturated heterocycles. The third-order valence-corrected chi connectivity index (χ3v) is 8.56. The molecule has 0 unspecified atom stereocenters. The van der Waals surface area contributed by atoms with Crippen molar-refractivity contribution in [3.8, 4) is 0 Å². The van der Waals surface area contributed by atoms with Gasteiger partial charge in [0.15, 0.2) is 0 Å². The van der Waals surface area contributed by atoms with Crippen molar-refractivity contribution in [1.29, 1.82) is 0 Å². The van der Waals surface area contributed by atoms with Gasteiger partial charge in [-0.3, -0.25) is 13.9 Å². The number of sulfonamides is 1. The summed E-state index contributed by atoms with van der Waals surface area (Å²) in [6, 6.07) is 18.9. The molecule has 0 saturated carbocycles. The molecule has 0 bridgehead atoms. The van der Waals surface area contributed by atoms with Gasteiger partial charge in [0, 0.05) is 28.7 Å². The molecule has 1 atom stereocenters. The van der Waals surface area contributed by atoms with Crippen LogP contribution in [0.5, 0.6) is 0 Å². The molecule has 202 valence electrons. The second-order valence-electron chi connectivity index (χ2n) is 8.70. The van der Waals surface area contributed by atoms with Gasteiger partial charge in [-0.1, -0.05) is 72.1 Å². The fourth-order valence-corrected chi connectivity index (χ4v) is 5.98. The Hall–Kier alpha value is -3.07. The summed E-state index contributed by atoms with van der Waals surface area (Å²) in [5, 5.41) is 3.45. The topological polar surface area (TPSA) is 86.8 Å². The number of carbonyl (C=O) groups is 2. The minimum absolute atomic E-state index is 0.0461. The number of nitrogens with one attached hydrogen (secondary N) is 1. The van der Waals surface area contributed by atoms with Crippen molar-refractivity contribution < 1.29 is 18.0 Å². The highest BCUT2D eigenvalue weighted by molar-refractivity contribution is 7.92. The van der Waals surface area contributed by atoms with Crippen molar-refractivity contribution in [2.75, 3.05) is 17.4 Å². The smallest absolute Gasteiger partial charge is 0.264 e. The zero-order valence-corrected chi connectivity index (χ0v) is 23.9. The summed E-state index contributed by atoms with van der Waals surface area (Å²) in [6.45, 7) is 5.23. The van der Waals surface area contributed by atoms with Crippen LogP contribution in [0.3, 0.4) is 0 Å². The summed E-state index contributed by atoms with van der Waals surface area (Å²) in [5.74, 6) is -0.918. The first-order chi connectivity index (χ1) is 18.1. The number of anilines is 1. The highest BCUT2D eigenvalue weighted by atomic mass is 35.5. The van der Waals surface area contributed by atoms with Crippen molar-refractivity contribution >= 4 is 50.7 Å². The average molecular weight is 577 g/mol. The molecule has 0 aliphatic heterocycles. The Morgan fingerprint density at radius 2 is 1.50 bits per heavy atom. The van der Waals surface area contributed by atoms with Crippen LogP contribution in [0.4, 0.5) is 5.69 Å². The van der Waals surface area contributed by atoms with E-state index in [0.717, 1.165) is 9.87 Å². The summed E-state index contributed by atoms with van der Waals surface area (Å²) < 4.78 is 28.6. The molecular weight excluding hydrogens is 545 g/mol. The quantitative estimate of drug-likeness (QED) is 0.330. The molecule has 3 rings (SSSR count). The molecule has 2 amide bonds. The Morgan fingerprint density at radius 3 is 2.05 bits per heavy atom. The van der Waals surface area contributed by atoms with Crippen LogP contribution in [0.25, 0.3) is 0 Å². The first kappa shape index (κ1) is 29.5. The first-order valence-electron chi connectivity index (χ1n) is 12.2. The fraction of sp³-hybridized carbons (Fsp3) is 0.286. The lowest BCUT2D eigenvalue weighted by Gasteiger charge is -2.33. The van der Waals surface area contributed by atoms with Crippen LogP contribution in [-0.2, 0) is 26.2 Å². The predicted octanol–water partition coefficient (Wildman–Crippen LogP) is 5.44. The Bertz CT molecular complexity index is 1350. The highest BCUT2D eigenvalue weighted by Gasteiger charge is 2.34. The Balaban J connectivity index is 2.08. The normalized spacial score (nSPS) is 12.0. The van der Waals surface area contributed by atoms with E-state index in [1.165, 1.54) is 17.0 Å². The highest BCUT2D eigenvalue weighted by Crippen LogP contribution is 2.28. The lowest BCUT2D eigenvalue weighted by Crippen LogP contribution is -2.52. The van der Waals surface area contributed by atoms with Gasteiger partial charge in [-0.25, -0.2) is 8.42 Å². The summed E-state index contributed by atoms with van der Waals surface area (Å²) in [4.78, 5) is 28.3. The molecule has 0 spiro atoms. The number of hydrogen-bond donors (Lipinski definition) is 1. The molecule has 0 heterocycles. The van der Waals surface area contributed by atoms with E-state index in [-0.39, 0.29) is 17.3 Å². The molecule has 0 aliphatic carbocycles. The first-order valence-corrected chi connectivity index (χ1v) is 14.4. The molecule has 0 fully saturated rings. The van der Waals surface area contributed by atoms with Gasteiger partial charge in [-0.05, 0) is 56.7 Å². The van der Waals surface area contributed by atoms with E-state index in [0.29, 0.717) is 34.3 Å². The van der Waals surface area contributed by atoms with Crippen molar-refractivity contribution in [3.05, 3.63) is 94.0 Å². The van der Waals surface area contributed by atoms with Crippen molar-refractivity contribution in [2.24, 2.45) is 0 Å². The monoisotopic (exact) mass is 575 g/mol. The molecule has 0 aromatic heterocycles. The second-order valence-corrected chi connectivity index (χ2v) is 11.4. The molecule has 1 N–H and O–H groups in total.